The van der Waals surface area contributed by atoms with Gasteiger partial charge in [0.1, 0.15) is 0 Å². The van der Waals surface area contributed by atoms with Gasteiger partial charge in [-0.15, -0.1) is 12.2 Å². The monoisotopic (exact) mass is 344 g/mol. The van der Waals surface area contributed by atoms with E-state index in [1.807, 2.05) is 18.2 Å². The fourth-order valence-corrected chi connectivity index (χ4v) is 1.51. The molecule has 1 atom stereocenters. The minimum atomic E-state index is 0. The van der Waals surface area contributed by atoms with E-state index in [0.29, 0.717) is 5.92 Å². The minimum Gasteiger partial charge on any atom is -0.258 e. The summed E-state index contributed by atoms with van der Waals surface area (Å²) in [7, 11) is 0. The fourth-order valence-electron chi connectivity index (χ4n) is 1.51. The largest absolute Gasteiger partial charge is 0.258 e. The zero-order valence-electron chi connectivity index (χ0n) is 13.3. The summed E-state index contributed by atoms with van der Waals surface area (Å²) in [5.41, 5.74) is 2.91. The molecule has 0 saturated carbocycles. The summed E-state index contributed by atoms with van der Waals surface area (Å²) in [4.78, 5) is 0. The van der Waals surface area contributed by atoms with Crippen LogP contribution in [0.2, 0.25) is 0 Å². The average molecular weight is 344 g/mol. The number of allylic oxidation sites excluding steroid dienone is 8. The molecule has 0 saturated heterocycles. The van der Waals surface area contributed by atoms with Crippen LogP contribution in [0.25, 0.3) is 0 Å². The van der Waals surface area contributed by atoms with E-state index >= 15 is 0 Å². The first-order valence-electron chi connectivity index (χ1n) is 6.82. The summed E-state index contributed by atoms with van der Waals surface area (Å²) in [6.45, 7) is 22.3. The molecule has 0 fully saturated rings. The third-order valence-electron chi connectivity index (χ3n) is 3.12. The molecule has 0 aromatic carbocycles. The van der Waals surface area contributed by atoms with Gasteiger partial charge in [0.05, 0.1) is 0 Å². The summed E-state index contributed by atoms with van der Waals surface area (Å²) in [5.74, 6) is 1.26. The molecule has 0 heterocycles. The van der Waals surface area contributed by atoms with Gasteiger partial charge in [-0.25, -0.2) is 12.2 Å². The van der Waals surface area contributed by atoms with Gasteiger partial charge in [0.2, 0.25) is 0 Å². The molecule has 0 aliphatic rings. The van der Waals surface area contributed by atoms with Crippen molar-refractivity contribution in [1.29, 1.82) is 0 Å². The molecule has 0 aliphatic carbocycles. The Morgan fingerprint density at radius 2 is 1.50 bits per heavy atom. The van der Waals surface area contributed by atoms with Crippen molar-refractivity contribution in [2.24, 2.45) is 11.8 Å². The van der Waals surface area contributed by atoms with Crippen LogP contribution in [-0.4, -0.2) is 0 Å². The Kier molecular flexibility index (Phi) is 13.4. The first kappa shape index (κ1) is 21.8. The van der Waals surface area contributed by atoms with Gasteiger partial charge in [0, 0.05) is 32.7 Å². The predicted octanol–water partition coefficient (Wildman–Crippen LogP) is 5.83. The van der Waals surface area contributed by atoms with Crippen molar-refractivity contribution in [2.45, 2.75) is 33.6 Å². The van der Waals surface area contributed by atoms with Gasteiger partial charge in [0.15, 0.2) is 0 Å². The van der Waals surface area contributed by atoms with E-state index in [0.717, 1.165) is 22.6 Å². The summed E-state index contributed by atoms with van der Waals surface area (Å²) in [6.07, 6.45) is 12.7. The number of hydrogen-bond donors (Lipinski definition) is 0. The van der Waals surface area contributed by atoms with Crippen LogP contribution in [-0.2, 0) is 32.7 Å². The van der Waals surface area contributed by atoms with Crippen LogP contribution in [0, 0.1) is 17.9 Å². The van der Waals surface area contributed by atoms with Crippen LogP contribution in [0.1, 0.15) is 33.6 Å². The van der Waals surface area contributed by atoms with Crippen molar-refractivity contribution < 1.29 is 32.7 Å². The Morgan fingerprint density at radius 3 is 2.00 bits per heavy atom. The van der Waals surface area contributed by atoms with Gasteiger partial charge in [0.25, 0.3) is 0 Å². The smallest absolute Gasteiger partial charge is 0 e. The Labute approximate surface area is 151 Å². The summed E-state index contributed by atoms with van der Waals surface area (Å²) in [5, 5.41) is 0. The molecule has 1 heteroatoms. The Bertz CT molecular complexity index is 394. The molecule has 1 unspecified atom stereocenters. The maximum Gasteiger partial charge on any atom is 0 e. The Morgan fingerprint density at radius 1 is 0.950 bits per heavy atom. The van der Waals surface area contributed by atoms with E-state index in [9.17, 15) is 0 Å². The quantitative estimate of drug-likeness (QED) is 0.365. The van der Waals surface area contributed by atoms with Crippen LogP contribution >= 0.6 is 0 Å². The van der Waals surface area contributed by atoms with Crippen LogP contribution < -0.4 is 0 Å². The molecule has 20 heavy (non-hydrogen) atoms. The first-order valence-corrected chi connectivity index (χ1v) is 6.82. The van der Waals surface area contributed by atoms with Crippen molar-refractivity contribution in [3.05, 3.63) is 73.4 Å². The van der Waals surface area contributed by atoms with Crippen LogP contribution in [0.15, 0.2) is 67.3 Å². The third kappa shape index (κ3) is 10.3. The summed E-state index contributed by atoms with van der Waals surface area (Å²) < 4.78 is 0. The average Bonchev–Trinajstić information content (AvgIpc) is 2.38. The molecule has 0 rings (SSSR count). The molecule has 1 radical (unpaired) electrons. The normalized spacial score (nSPS) is 12.4. The van der Waals surface area contributed by atoms with Crippen molar-refractivity contribution >= 4 is 0 Å². The molecule has 0 aliphatic heterocycles. The topological polar surface area (TPSA) is 0 Å². The van der Waals surface area contributed by atoms with Gasteiger partial charge in [-0.2, -0.15) is 6.58 Å². The van der Waals surface area contributed by atoms with Crippen molar-refractivity contribution in [1.82, 2.24) is 0 Å². The zero-order chi connectivity index (χ0) is 14.8. The summed E-state index contributed by atoms with van der Waals surface area (Å²) >= 11 is 0. The maximum atomic E-state index is 4.13. The van der Waals surface area contributed by atoms with Gasteiger partial charge >= 0.3 is 0 Å². The van der Waals surface area contributed by atoms with Gasteiger partial charge in [-0.3, -0.25) is 6.08 Å². The van der Waals surface area contributed by atoms with Crippen molar-refractivity contribution in [2.75, 3.05) is 0 Å². The van der Waals surface area contributed by atoms with Gasteiger partial charge < -0.3 is 0 Å². The van der Waals surface area contributed by atoms with E-state index < -0.39 is 0 Å². The molecule has 0 spiro atoms. The van der Waals surface area contributed by atoms with Crippen LogP contribution in [0.5, 0.6) is 0 Å². The molecule has 0 aromatic rings. The predicted molar refractivity (Wildman–Crippen MR) is 87.8 cm³/mol. The molecule has 0 nitrogen and oxygen atoms in total. The van der Waals surface area contributed by atoms with E-state index in [-0.39, 0.29) is 32.7 Å². The molecule has 107 valence electrons. The summed E-state index contributed by atoms with van der Waals surface area (Å²) in [6, 6.07) is 0. The van der Waals surface area contributed by atoms with Crippen molar-refractivity contribution in [3.8, 4) is 0 Å². The van der Waals surface area contributed by atoms with E-state index in [1.54, 1.807) is 6.08 Å². The minimum absolute atomic E-state index is 0. The fraction of sp³-hybridized carbons (Fsp3) is 0.368. The SMILES string of the molecule is C=[C-]/C=C\C(=C)C(=C)/C=C\C(=C)C(C)CCC(C)C.[Y]. The molecule has 0 aromatic heterocycles. The Hall–Kier alpha value is -0.456. The standard InChI is InChI=1S/C19H27.Y/c1-8-9-10-16(4)18(6)13-14-19(7)17(5)12-11-15(2)3;/h9-10,13-15,17H,1,4,6-7,11-12H2,2-3,5H3;/q-1;/b10-9-,14-13-;. The number of rotatable bonds is 9. The molecular weight excluding hydrogens is 317 g/mol. The first-order chi connectivity index (χ1) is 8.88. The molecular formula is C19H27Y-. The third-order valence-corrected chi connectivity index (χ3v) is 3.12. The van der Waals surface area contributed by atoms with Gasteiger partial charge in [-0.05, 0) is 23.8 Å². The van der Waals surface area contributed by atoms with Crippen LogP contribution in [0.4, 0.5) is 0 Å². The molecule has 0 amide bonds. The second-order valence-corrected chi connectivity index (χ2v) is 5.37. The Balaban J connectivity index is 0. The van der Waals surface area contributed by atoms with E-state index in [2.05, 4.69) is 53.2 Å². The maximum absolute atomic E-state index is 4.13. The number of hydrogen-bond acceptors (Lipinski definition) is 0. The van der Waals surface area contributed by atoms with Crippen molar-refractivity contribution in [3.63, 3.8) is 0 Å². The van der Waals surface area contributed by atoms with Gasteiger partial charge in [-0.1, -0.05) is 58.1 Å². The second kappa shape index (κ2) is 12.3. The van der Waals surface area contributed by atoms with Crippen LogP contribution in [0.3, 0.4) is 0 Å². The molecule has 0 bridgehead atoms. The van der Waals surface area contributed by atoms with E-state index in [4.69, 9.17) is 0 Å². The second-order valence-electron chi connectivity index (χ2n) is 5.37. The molecule has 0 N–H and O–H groups in total. The zero-order valence-corrected chi connectivity index (χ0v) is 16.1. The van der Waals surface area contributed by atoms with E-state index in [1.165, 1.54) is 12.8 Å².